The van der Waals surface area contributed by atoms with E-state index in [0.29, 0.717) is 12.0 Å². The van der Waals surface area contributed by atoms with Crippen LogP contribution in [0.3, 0.4) is 0 Å². The van der Waals surface area contributed by atoms with Gasteiger partial charge in [0.15, 0.2) is 5.96 Å². The van der Waals surface area contributed by atoms with Crippen LogP contribution in [0.1, 0.15) is 45.6 Å². The molecule has 1 aliphatic rings. The Morgan fingerprint density at radius 3 is 2.52 bits per heavy atom. The third-order valence-electron chi connectivity index (χ3n) is 5.51. The number of aromatic nitrogens is 2. The van der Waals surface area contributed by atoms with Crippen LogP contribution in [-0.2, 0) is 11.3 Å². The van der Waals surface area contributed by atoms with Crippen molar-refractivity contribution in [1.82, 2.24) is 25.3 Å². The van der Waals surface area contributed by atoms with Gasteiger partial charge in [0.1, 0.15) is 0 Å². The summed E-state index contributed by atoms with van der Waals surface area (Å²) >= 11 is 0. The molecular weight excluding hydrogens is 479 g/mol. The maximum absolute atomic E-state index is 5.56. The zero-order chi connectivity index (χ0) is 20.2. The van der Waals surface area contributed by atoms with E-state index in [1.165, 1.54) is 18.4 Å². The van der Waals surface area contributed by atoms with Crippen LogP contribution in [0.5, 0.6) is 0 Å². The number of nitrogens with zero attached hydrogens (tertiary/aromatic N) is 4. The van der Waals surface area contributed by atoms with Gasteiger partial charge in [-0.3, -0.25) is 14.6 Å². The van der Waals surface area contributed by atoms with Crippen LogP contribution in [0.25, 0.3) is 0 Å². The number of guanidine groups is 1. The fourth-order valence-electron chi connectivity index (χ4n) is 3.87. The number of nitrogens with one attached hydrogen (secondary N) is 2. The fourth-order valence-corrected chi connectivity index (χ4v) is 3.87. The van der Waals surface area contributed by atoms with Gasteiger partial charge in [-0.1, -0.05) is 26.7 Å². The van der Waals surface area contributed by atoms with Crippen LogP contribution >= 0.6 is 24.0 Å². The third kappa shape index (κ3) is 9.21. The number of halogens is 1. The molecule has 1 saturated heterocycles. The van der Waals surface area contributed by atoms with Crippen molar-refractivity contribution in [2.75, 3.05) is 45.9 Å². The Morgan fingerprint density at radius 2 is 1.93 bits per heavy atom. The van der Waals surface area contributed by atoms with E-state index in [0.717, 1.165) is 64.9 Å². The van der Waals surface area contributed by atoms with Gasteiger partial charge in [0.05, 0.1) is 26.0 Å². The van der Waals surface area contributed by atoms with Crippen LogP contribution in [0.2, 0.25) is 0 Å². The first-order valence-corrected chi connectivity index (χ1v) is 11.0. The molecular formula is C21H41IN6O. The summed E-state index contributed by atoms with van der Waals surface area (Å²) in [5.41, 5.74) is 1.21. The largest absolute Gasteiger partial charge is 0.379 e. The summed E-state index contributed by atoms with van der Waals surface area (Å²) in [7, 11) is 0. The molecule has 2 N–H and O–H groups in total. The molecule has 1 aromatic rings. The van der Waals surface area contributed by atoms with E-state index in [1.54, 1.807) is 0 Å². The topological polar surface area (TPSA) is 66.7 Å². The Hall–Kier alpha value is -0.870. The van der Waals surface area contributed by atoms with Crippen molar-refractivity contribution < 1.29 is 4.74 Å². The molecule has 0 amide bonds. The van der Waals surface area contributed by atoms with Crippen LogP contribution in [0, 0.1) is 12.8 Å². The van der Waals surface area contributed by atoms with Gasteiger partial charge in [-0.25, -0.2) is 0 Å². The Morgan fingerprint density at radius 1 is 1.21 bits per heavy atom. The number of ether oxygens (including phenoxy) is 1. The van der Waals surface area contributed by atoms with Crippen molar-refractivity contribution in [3.05, 3.63) is 18.0 Å². The summed E-state index contributed by atoms with van der Waals surface area (Å²) in [6.45, 7) is 16.0. The molecule has 168 valence electrons. The molecule has 2 rings (SSSR count). The highest BCUT2D eigenvalue weighted by Gasteiger charge is 2.26. The summed E-state index contributed by atoms with van der Waals surface area (Å²) in [5, 5.41) is 11.2. The second-order valence-corrected chi connectivity index (χ2v) is 7.57. The zero-order valence-electron chi connectivity index (χ0n) is 18.7. The van der Waals surface area contributed by atoms with E-state index in [4.69, 9.17) is 9.73 Å². The second kappa shape index (κ2) is 15.0. The standard InChI is InChI=1S/C21H40N6O.HI/c1-5-19(6-2)20(26-11-13-28-14-12-26)16-24-21(22-7-3)23-9-8-10-27-17-18(4)15-25-27;/h15,17,19-20H,5-14,16H2,1-4H3,(H2,22,23,24);1H. The molecule has 0 aromatic carbocycles. The van der Waals surface area contributed by atoms with Gasteiger partial charge >= 0.3 is 0 Å². The van der Waals surface area contributed by atoms with Crippen molar-refractivity contribution in [2.24, 2.45) is 10.9 Å². The first-order chi connectivity index (χ1) is 13.7. The lowest BCUT2D eigenvalue weighted by molar-refractivity contribution is 0.00395. The van der Waals surface area contributed by atoms with Gasteiger partial charge in [-0.15, -0.1) is 24.0 Å². The Balaban J connectivity index is 0.00000420. The van der Waals surface area contributed by atoms with E-state index in [2.05, 4.69) is 54.5 Å². The van der Waals surface area contributed by atoms with Crippen molar-refractivity contribution in [3.8, 4) is 0 Å². The van der Waals surface area contributed by atoms with E-state index in [9.17, 15) is 0 Å². The van der Waals surface area contributed by atoms with Crippen molar-refractivity contribution in [2.45, 2.75) is 59.5 Å². The Kier molecular flexibility index (Phi) is 13.5. The van der Waals surface area contributed by atoms with Crippen molar-refractivity contribution >= 4 is 29.9 Å². The van der Waals surface area contributed by atoms with Crippen LogP contribution in [0.15, 0.2) is 17.4 Å². The summed E-state index contributed by atoms with van der Waals surface area (Å²) < 4.78 is 7.56. The molecule has 8 heteroatoms. The quantitative estimate of drug-likeness (QED) is 0.203. The predicted molar refractivity (Wildman–Crippen MR) is 131 cm³/mol. The smallest absolute Gasteiger partial charge is 0.191 e. The maximum atomic E-state index is 5.56. The molecule has 0 radical (unpaired) electrons. The highest BCUT2D eigenvalue weighted by molar-refractivity contribution is 14.0. The maximum Gasteiger partial charge on any atom is 0.191 e. The molecule has 1 aromatic heterocycles. The molecule has 1 atom stereocenters. The molecule has 1 unspecified atom stereocenters. The van der Waals surface area contributed by atoms with Gasteiger partial charge < -0.3 is 15.4 Å². The number of aryl methyl sites for hydroxylation is 2. The molecule has 0 aliphatic carbocycles. The number of hydrogen-bond acceptors (Lipinski definition) is 4. The van der Waals surface area contributed by atoms with Gasteiger partial charge in [-0.05, 0) is 31.7 Å². The first-order valence-electron chi connectivity index (χ1n) is 11.0. The van der Waals surface area contributed by atoms with Crippen molar-refractivity contribution in [1.29, 1.82) is 0 Å². The van der Waals surface area contributed by atoms with Gasteiger partial charge in [0, 0.05) is 45.0 Å². The summed E-state index contributed by atoms with van der Waals surface area (Å²) in [6.07, 6.45) is 7.40. The Labute approximate surface area is 194 Å². The number of morpholine rings is 1. The molecule has 2 heterocycles. The predicted octanol–water partition coefficient (Wildman–Crippen LogP) is 2.89. The molecule has 1 fully saturated rings. The molecule has 29 heavy (non-hydrogen) atoms. The molecule has 0 spiro atoms. The highest BCUT2D eigenvalue weighted by Crippen LogP contribution is 2.20. The number of rotatable bonds is 11. The Bertz CT molecular complexity index is 569. The van der Waals surface area contributed by atoms with Crippen molar-refractivity contribution in [3.63, 3.8) is 0 Å². The van der Waals surface area contributed by atoms with Gasteiger partial charge in [0.25, 0.3) is 0 Å². The monoisotopic (exact) mass is 520 g/mol. The average Bonchev–Trinajstić information content (AvgIpc) is 3.14. The van der Waals surface area contributed by atoms with Crippen LogP contribution in [-0.4, -0.2) is 72.6 Å². The van der Waals surface area contributed by atoms with E-state index in [-0.39, 0.29) is 24.0 Å². The summed E-state index contributed by atoms with van der Waals surface area (Å²) in [4.78, 5) is 7.52. The number of hydrogen-bond donors (Lipinski definition) is 2. The SMILES string of the molecule is CCNC(=NCC(C(CC)CC)N1CCOCC1)NCCCn1cc(C)cn1.I. The minimum atomic E-state index is 0. The lowest BCUT2D eigenvalue weighted by atomic mass is 9.92. The minimum absolute atomic E-state index is 0. The first kappa shape index (κ1) is 26.2. The lowest BCUT2D eigenvalue weighted by Gasteiger charge is -2.38. The number of aliphatic imine (C=N–C) groups is 1. The van der Waals surface area contributed by atoms with E-state index in [1.807, 2.05) is 10.9 Å². The molecule has 0 bridgehead atoms. The molecule has 7 nitrogen and oxygen atoms in total. The second-order valence-electron chi connectivity index (χ2n) is 7.57. The third-order valence-corrected chi connectivity index (χ3v) is 5.51. The lowest BCUT2D eigenvalue weighted by Crippen LogP contribution is -2.49. The molecule has 1 aliphatic heterocycles. The highest BCUT2D eigenvalue weighted by atomic mass is 127. The normalized spacial score (nSPS) is 16.5. The van der Waals surface area contributed by atoms with Gasteiger partial charge in [-0.2, -0.15) is 5.10 Å². The van der Waals surface area contributed by atoms with E-state index >= 15 is 0 Å². The minimum Gasteiger partial charge on any atom is -0.379 e. The van der Waals surface area contributed by atoms with E-state index < -0.39 is 0 Å². The zero-order valence-corrected chi connectivity index (χ0v) is 21.0. The van der Waals surface area contributed by atoms with Crippen LogP contribution in [0.4, 0.5) is 0 Å². The molecule has 0 saturated carbocycles. The summed E-state index contributed by atoms with van der Waals surface area (Å²) in [6, 6.07) is 0.487. The average molecular weight is 521 g/mol. The summed E-state index contributed by atoms with van der Waals surface area (Å²) in [5.74, 6) is 1.59. The fraction of sp³-hybridized carbons (Fsp3) is 0.810. The van der Waals surface area contributed by atoms with Gasteiger partial charge in [0.2, 0.25) is 0 Å². The van der Waals surface area contributed by atoms with Crippen LogP contribution < -0.4 is 10.6 Å².